The standard InChI is InChI=1S/C56H60BN3O/c1-51(2,3)33-27-37-47-40(29-33)57-41-30-34(52(4,5)6)28-39-49(41)60(56(10)26-18-16-24-54(39,56)8)44-32-35(59-42-21-13-12-20-38(42)53(7)23-15-17-25-55(53,59)9)31-43(46(44)57)58(47)48-36-19-11-14-22-45(36)61-50(37)48/h11-14,19-22,27-32H,15-18,23-26H2,1-10H3/i12D,13D,20D,21D. The van der Waals surface area contributed by atoms with Crippen molar-refractivity contribution in [2.45, 2.75) is 153 Å². The summed E-state index contributed by atoms with van der Waals surface area (Å²) in [5.74, 6) is 0. The van der Waals surface area contributed by atoms with E-state index in [9.17, 15) is 2.74 Å². The van der Waals surface area contributed by atoms with Crippen LogP contribution in [0.2, 0.25) is 0 Å². The van der Waals surface area contributed by atoms with Gasteiger partial charge in [-0.3, -0.25) is 0 Å². The van der Waals surface area contributed by atoms with Gasteiger partial charge in [0.05, 0.1) is 22.1 Å². The van der Waals surface area contributed by atoms with E-state index in [2.05, 4.69) is 144 Å². The van der Waals surface area contributed by atoms with Crippen LogP contribution in [0.5, 0.6) is 0 Å². The lowest BCUT2D eigenvalue weighted by Gasteiger charge is -2.53. The SMILES string of the molecule is [2H]c1c([2H])c([2H])c2c(c1[2H])N(c1cc3c4c(c1)-n1c5c(cc(C(C)(C)C)cc5c5oc6ccccc6c51)B4c1cc(C(C)(C)C)cc4c1N3C1(C)CCCCC41C)C1(C)CCCCC21C. The van der Waals surface area contributed by atoms with E-state index in [4.69, 9.17) is 7.16 Å². The minimum absolute atomic E-state index is 0.0463. The lowest BCUT2D eigenvalue weighted by Crippen LogP contribution is -2.64. The van der Waals surface area contributed by atoms with Crippen molar-refractivity contribution in [1.29, 1.82) is 0 Å². The lowest BCUT2D eigenvalue weighted by molar-refractivity contribution is 0.194. The van der Waals surface area contributed by atoms with Crippen LogP contribution in [-0.2, 0) is 21.7 Å². The molecule has 4 nitrogen and oxygen atoms in total. The first kappa shape index (κ1) is 32.8. The largest absolute Gasteiger partial charge is 0.454 e. The molecule has 4 atom stereocenters. The molecule has 13 rings (SSSR count). The first-order chi connectivity index (χ1) is 30.7. The van der Waals surface area contributed by atoms with Crippen LogP contribution >= 0.6 is 0 Å². The van der Waals surface area contributed by atoms with Crippen LogP contribution in [-0.4, -0.2) is 22.4 Å². The molecule has 4 aliphatic heterocycles. The Hall–Kier alpha value is -4.90. The Kier molecular flexibility index (Phi) is 6.01. The quantitative estimate of drug-likeness (QED) is 0.155. The number of rotatable bonds is 1. The van der Waals surface area contributed by atoms with Gasteiger partial charge in [-0.25, -0.2) is 0 Å². The molecule has 5 heteroatoms. The molecular weight excluding hydrogens is 741 g/mol. The number of benzene rings is 5. The minimum Gasteiger partial charge on any atom is -0.454 e. The maximum Gasteiger partial charge on any atom is 0.252 e. The average molecular weight is 806 g/mol. The zero-order chi connectivity index (χ0) is 45.4. The highest BCUT2D eigenvalue weighted by atomic mass is 16.3. The van der Waals surface area contributed by atoms with E-state index in [0.29, 0.717) is 5.69 Å². The number of furan rings is 1. The smallest absolute Gasteiger partial charge is 0.252 e. The van der Waals surface area contributed by atoms with E-state index >= 15 is 0 Å². The van der Waals surface area contributed by atoms with Gasteiger partial charge in [0.25, 0.3) is 6.71 Å². The van der Waals surface area contributed by atoms with Crippen molar-refractivity contribution in [2.75, 3.05) is 9.80 Å². The van der Waals surface area contributed by atoms with Crippen molar-refractivity contribution < 1.29 is 9.90 Å². The maximum atomic E-state index is 9.73. The summed E-state index contributed by atoms with van der Waals surface area (Å²) < 4.78 is 46.9. The second-order valence-electron chi connectivity index (χ2n) is 22.9. The van der Waals surface area contributed by atoms with Gasteiger partial charge in [0, 0.05) is 50.0 Å². The summed E-state index contributed by atoms with van der Waals surface area (Å²) in [5.41, 5.74) is 17.0. The molecule has 6 aliphatic rings. The predicted molar refractivity (Wildman–Crippen MR) is 258 cm³/mol. The van der Waals surface area contributed by atoms with Crippen LogP contribution < -0.4 is 26.2 Å². The normalized spacial score (nSPS) is 28.1. The lowest BCUT2D eigenvalue weighted by atomic mass is 9.33. The molecule has 0 bridgehead atoms. The molecule has 2 saturated carbocycles. The van der Waals surface area contributed by atoms with Crippen molar-refractivity contribution in [3.05, 3.63) is 107 Å². The molecule has 0 amide bonds. The second-order valence-corrected chi connectivity index (χ2v) is 22.9. The summed E-state index contributed by atoms with van der Waals surface area (Å²) in [7, 11) is 0. The van der Waals surface area contributed by atoms with Gasteiger partial charge >= 0.3 is 0 Å². The number of anilines is 4. The Bertz CT molecular complexity index is 3350. The van der Waals surface area contributed by atoms with E-state index in [1.165, 1.54) is 62.8 Å². The summed E-state index contributed by atoms with van der Waals surface area (Å²) >= 11 is 0. The molecule has 6 heterocycles. The number of aromatic nitrogens is 1. The Balaban J connectivity index is 1.24. The molecule has 5 aromatic carbocycles. The highest BCUT2D eigenvalue weighted by Crippen LogP contribution is 2.64. The molecule has 0 saturated heterocycles. The minimum atomic E-state index is -0.495. The van der Waals surface area contributed by atoms with Crippen molar-refractivity contribution in [2.24, 2.45) is 0 Å². The molecule has 308 valence electrons. The van der Waals surface area contributed by atoms with Gasteiger partial charge in [0.1, 0.15) is 11.1 Å². The fourth-order valence-electron chi connectivity index (χ4n) is 14.1. The molecule has 2 aromatic heterocycles. The maximum absolute atomic E-state index is 9.73. The van der Waals surface area contributed by atoms with Crippen LogP contribution in [0.3, 0.4) is 0 Å². The van der Waals surface area contributed by atoms with E-state index in [1.807, 2.05) is 0 Å². The molecular formula is C56H60BN3O. The molecule has 0 radical (unpaired) electrons. The zero-order valence-corrected chi connectivity index (χ0v) is 37.8. The Morgan fingerprint density at radius 3 is 1.98 bits per heavy atom. The first-order valence-corrected chi connectivity index (χ1v) is 23.2. The van der Waals surface area contributed by atoms with Crippen LogP contribution in [0.4, 0.5) is 22.7 Å². The van der Waals surface area contributed by atoms with Gasteiger partial charge in [-0.1, -0.05) is 130 Å². The number of fused-ring (bicyclic) bond motifs is 15. The third-order valence-corrected chi connectivity index (χ3v) is 17.9. The molecule has 2 aliphatic carbocycles. The van der Waals surface area contributed by atoms with Gasteiger partial charge in [-0.2, -0.15) is 0 Å². The van der Waals surface area contributed by atoms with Crippen molar-refractivity contribution in [1.82, 2.24) is 4.57 Å². The van der Waals surface area contributed by atoms with Crippen LogP contribution in [0, 0.1) is 0 Å². The van der Waals surface area contributed by atoms with Crippen LogP contribution in [0.15, 0.2) is 89.3 Å². The van der Waals surface area contributed by atoms with Gasteiger partial charge in [-0.05, 0) is 125 Å². The predicted octanol–water partition coefficient (Wildman–Crippen LogP) is 12.8. The Labute approximate surface area is 368 Å². The molecule has 61 heavy (non-hydrogen) atoms. The van der Waals surface area contributed by atoms with Crippen molar-refractivity contribution >= 4 is 78.8 Å². The Morgan fingerprint density at radius 2 is 1.25 bits per heavy atom. The molecule has 0 spiro atoms. The average Bonchev–Trinajstić information content (AvgIpc) is 3.92. The van der Waals surface area contributed by atoms with Crippen molar-refractivity contribution in [3.8, 4) is 5.69 Å². The summed E-state index contributed by atoms with van der Waals surface area (Å²) in [4.78, 5) is 5.22. The first-order valence-electron chi connectivity index (χ1n) is 25.2. The molecule has 4 unspecified atom stereocenters. The third kappa shape index (κ3) is 4.17. The van der Waals surface area contributed by atoms with Gasteiger partial charge in [0.2, 0.25) is 0 Å². The van der Waals surface area contributed by atoms with Crippen molar-refractivity contribution in [3.63, 3.8) is 0 Å². The number of nitrogens with zero attached hydrogens (tertiary/aromatic N) is 3. The number of hydrogen-bond acceptors (Lipinski definition) is 3. The fraction of sp³-hybridized carbons (Fsp3) is 0.429. The fourth-order valence-corrected chi connectivity index (χ4v) is 14.1. The van der Waals surface area contributed by atoms with E-state index in [-0.39, 0.29) is 52.7 Å². The van der Waals surface area contributed by atoms with Crippen LogP contribution in [0.25, 0.3) is 38.7 Å². The molecule has 2 fully saturated rings. The van der Waals surface area contributed by atoms with E-state index in [0.717, 1.165) is 82.9 Å². The molecule has 0 N–H and O–H groups in total. The summed E-state index contributed by atoms with van der Waals surface area (Å²) in [5, 5.41) is 2.23. The Morgan fingerprint density at radius 1 is 0.623 bits per heavy atom. The monoisotopic (exact) mass is 806 g/mol. The topological polar surface area (TPSA) is 24.6 Å². The number of hydrogen-bond donors (Lipinski definition) is 0. The number of para-hydroxylation sites is 2. The van der Waals surface area contributed by atoms with Gasteiger partial charge in [0.15, 0.2) is 5.58 Å². The van der Waals surface area contributed by atoms with Crippen LogP contribution in [0.1, 0.15) is 148 Å². The third-order valence-electron chi connectivity index (χ3n) is 17.9. The highest BCUT2D eigenvalue weighted by molar-refractivity contribution is 7.00. The van der Waals surface area contributed by atoms with Gasteiger partial charge < -0.3 is 18.8 Å². The highest BCUT2D eigenvalue weighted by Gasteiger charge is 2.63. The summed E-state index contributed by atoms with van der Waals surface area (Å²) in [6.07, 6.45) is 8.41. The van der Waals surface area contributed by atoms with E-state index in [1.54, 1.807) is 0 Å². The summed E-state index contributed by atoms with van der Waals surface area (Å²) in [6.45, 7) is 23.8. The molecule has 7 aromatic rings. The zero-order valence-electron chi connectivity index (χ0n) is 41.8. The van der Waals surface area contributed by atoms with E-state index < -0.39 is 11.0 Å². The van der Waals surface area contributed by atoms with Gasteiger partial charge in [-0.15, -0.1) is 0 Å². The second kappa shape index (κ2) is 11.2. The summed E-state index contributed by atoms with van der Waals surface area (Å²) in [6, 6.07) is 23.4.